The lowest BCUT2D eigenvalue weighted by atomic mass is 10.1. The van der Waals surface area contributed by atoms with Crippen LogP contribution in [0.15, 0.2) is 29.3 Å². The summed E-state index contributed by atoms with van der Waals surface area (Å²) >= 11 is 0. The van der Waals surface area contributed by atoms with Crippen molar-refractivity contribution in [2.45, 2.75) is 39.2 Å². The van der Waals surface area contributed by atoms with Crippen molar-refractivity contribution in [2.24, 2.45) is 10.9 Å². The number of hydrogen-bond donors (Lipinski definition) is 2. The standard InChI is InChI=1S/C19H26N4O2/c1-3-20-19(22-16-12-13(16)2)21-10-6-7-11-23-17(24)14-8-4-5-9-15(14)18(23)25/h4-5,8-9,13,16H,3,6-7,10-12H2,1-2H3,(H2,20,21,22). The van der Waals surface area contributed by atoms with Gasteiger partial charge in [-0.3, -0.25) is 19.5 Å². The highest BCUT2D eigenvalue weighted by atomic mass is 16.2. The molecule has 0 aromatic heterocycles. The quantitative estimate of drug-likeness (QED) is 0.344. The number of hydrogen-bond acceptors (Lipinski definition) is 3. The van der Waals surface area contributed by atoms with E-state index >= 15 is 0 Å². The topological polar surface area (TPSA) is 73.8 Å². The van der Waals surface area contributed by atoms with Crippen LogP contribution in [0, 0.1) is 5.92 Å². The van der Waals surface area contributed by atoms with Crippen molar-refractivity contribution >= 4 is 17.8 Å². The summed E-state index contributed by atoms with van der Waals surface area (Å²) in [4.78, 5) is 30.5. The number of fused-ring (bicyclic) bond motifs is 1. The number of benzene rings is 1. The average molecular weight is 342 g/mol. The number of nitrogens with zero attached hydrogens (tertiary/aromatic N) is 2. The van der Waals surface area contributed by atoms with Crippen molar-refractivity contribution in [1.82, 2.24) is 15.5 Å². The van der Waals surface area contributed by atoms with Gasteiger partial charge in [0.1, 0.15) is 0 Å². The molecule has 134 valence electrons. The third-order valence-corrected chi connectivity index (χ3v) is 4.71. The monoisotopic (exact) mass is 342 g/mol. The van der Waals surface area contributed by atoms with Gasteiger partial charge in [0.2, 0.25) is 0 Å². The smallest absolute Gasteiger partial charge is 0.261 e. The molecule has 2 amide bonds. The lowest BCUT2D eigenvalue weighted by molar-refractivity contribution is 0.0652. The van der Waals surface area contributed by atoms with Gasteiger partial charge in [-0.05, 0) is 44.2 Å². The van der Waals surface area contributed by atoms with Gasteiger partial charge in [0.15, 0.2) is 5.96 Å². The number of amides is 2. The maximum atomic E-state index is 12.3. The summed E-state index contributed by atoms with van der Waals surface area (Å²) in [5.41, 5.74) is 1.03. The minimum absolute atomic E-state index is 0.179. The normalized spacial score (nSPS) is 22.2. The number of guanidine groups is 1. The molecule has 2 N–H and O–H groups in total. The minimum atomic E-state index is -0.179. The third kappa shape index (κ3) is 4.00. The van der Waals surface area contributed by atoms with E-state index in [1.165, 1.54) is 11.3 Å². The van der Waals surface area contributed by atoms with Gasteiger partial charge >= 0.3 is 0 Å². The van der Waals surface area contributed by atoms with Crippen LogP contribution in [-0.2, 0) is 0 Å². The Morgan fingerprint density at radius 2 is 1.84 bits per heavy atom. The summed E-state index contributed by atoms with van der Waals surface area (Å²) in [7, 11) is 0. The molecule has 0 radical (unpaired) electrons. The van der Waals surface area contributed by atoms with Crippen LogP contribution in [0.25, 0.3) is 0 Å². The number of carbonyl (C=O) groups excluding carboxylic acids is 2. The largest absolute Gasteiger partial charge is 0.357 e. The molecule has 6 heteroatoms. The summed E-state index contributed by atoms with van der Waals surface area (Å²) in [6.07, 6.45) is 2.79. The van der Waals surface area contributed by atoms with E-state index in [4.69, 9.17) is 0 Å². The van der Waals surface area contributed by atoms with Crippen LogP contribution < -0.4 is 10.6 Å². The molecule has 1 aliphatic heterocycles. The number of aliphatic imine (C=N–C) groups is 1. The highest BCUT2D eigenvalue weighted by molar-refractivity contribution is 6.21. The van der Waals surface area contributed by atoms with Crippen molar-refractivity contribution in [1.29, 1.82) is 0 Å². The first-order chi connectivity index (χ1) is 12.1. The molecule has 25 heavy (non-hydrogen) atoms. The van der Waals surface area contributed by atoms with E-state index in [1.807, 2.05) is 0 Å². The highest BCUT2D eigenvalue weighted by Gasteiger charge is 2.34. The molecule has 1 saturated carbocycles. The molecule has 2 aliphatic rings. The van der Waals surface area contributed by atoms with Gasteiger partial charge in [0, 0.05) is 25.7 Å². The molecular formula is C19H26N4O2. The van der Waals surface area contributed by atoms with E-state index in [0.29, 0.717) is 30.3 Å². The van der Waals surface area contributed by atoms with Gasteiger partial charge < -0.3 is 10.6 Å². The Hall–Kier alpha value is -2.37. The second-order valence-corrected chi connectivity index (χ2v) is 6.74. The van der Waals surface area contributed by atoms with Crippen LogP contribution in [0.5, 0.6) is 0 Å². The van der Waals surface area contributed by atoms with Gasteiger partial charge in [-0.15, -0.1) is 0 Å². The Morgan fingerprint density at radius 1 is 1.20 bits per heavy atom. The van der Waals surface area contributed by atoms with Crippen molar-refractivity contribution in [2.75, 3.05) is 19.6 Å². The molecule has 2 atom stereocenters. The lowest BCUT2D eigenvalue weighted by Gasteiger charge is -2.13. The molecule has 1 aliphatic carbocycles. The molecule has 1 heterocycles. The summed E-state index contributed by atoms with van der Waals surface area (Å²) in [6, 6.07) is 7.55. The Kier molecular flexibility index (Phi) is 5.36. The fraction of sp³-hybridized carbons (Fsp3) is 0.526. The zero-order chi connectivity index (χ0) is 17.8. The first-order valence-corrected chi connectivity index (χ1v) is 9.12. The Morgan fingerprint density at radius 3 is 2.40 bits per heavy atom. The summed E-state index contributed by atoms with van der Waals surface area (Å²) in [6.45, 7) is 6.24. The number of nitrogens with one attached hydrogen (secondary N) is 2. The van der Waals surface area contributed by atoms with Crippen LogP contribution in [0.4, 0.5) is 0 Å². The number of carbonyl (C=O) groups is 2. The first kappa shape index (κ1) is 17.5. The Balaban J connectivity index is 1.44. The second kappa shape index (κ2) is 7.68. The molecule has 1 aromatic carbocycles. The van der Waals surface area contributed by atoms with Crippen LogP contribution >= 0.6 is 0 Å². The SMILES string of the molecule is CCNC(=NCCCCN1C(=O)c2ccccc2C1=O)NC1CC1C. The third-order valence-electron chi connectivity index (χ3n) is 4.71. The van der Waals surface area contributed by atoms with Crippen LogP contribution in [0.2, 0.25) is 0 Å². The number of imide groups is 1. The summed E-state index contributed by atoms with van der Waals surface area (Å²) in [5.74, 6) is 1.22. The van der Waals surface area contributed by atoms with Gasteiger partial charge in [-0.25, -0.2) is 0 Å². The predicted octanol–water partition coefficient (Wildman–Crippen LogP) is 2.03. The Bertz CT molecular complexity index is 651. The maximum absolute atomic E-state index is 12.3. The van der Waals surface area contributed by atoms with Gasteiger partial charge in [0.25, 0.3) is 11.8 Å². The molecule has 2 unspecified atom stereocenters. The van der Waals surface area contributed by atoms with Crippen LogP contribution in [0.1, 0.15) is 53.8 Å². The molecule has 1 fully saturated rings. The van der Waals surface area contributed by atoms with Crippen molar-refractivity contribution in [3.8, 4) is 0 Å². The fourth-order valence-electron chi connectivity index (χ4n) is 3.03. The molecule has 0 spiro atoms. The van der Waals surface area contributed by atoms with Crippen molar-refractivity contribution in [3.05, 3.63) is 35.4 Å². The van der Waals surface area contributed by atoms with E-state index in [0.717, 1.165) is 31.3 Å². The van der Waals surface area contributed by atoms with Crippen molar-refractivity contribution in [3.63, 3.8) is 0 Å². The van der Waals surface area contributed by atoms with E-state index in [-0.39, 0.29) is 11.8 Å². The lowest BCUT2D eigenvalue weighted by Crippen LogP contribution is -2.39. The molecule has 3 rings (SSSR count). The van der Waals surface area contributed by atoms with Crippen LogP contribution in [0.3, 0.4) is 0 Å². The highest BCUT2D eigenvalue weighted by Crippen LogP contribution is 2.28. The van der Waals surface area contributed by atoms with Crippen molar-refractivity contribution < 1.29 is 9.59 Å². The molecule has 6 nitrogen and oxygen atoms in total. The van der Waals surface area contributed by atoms with Gasteiger partial charge in [0.05, 0.1) is 11.1 Å². The van der Waals surface area contributed by atoms with Gasteiger partial charge in [-0.2, -0.15) is 0 Å². The van der Waals surface area contributed by atoms with Gasteiger partial charge in [-0.1, -0.05) is 19.1 Å². The zero-order valence-corrected chi connectivity index (χ0v) is 14.9. The van der Waals surface area contributed by atoms with Crippen LogP contribution in [-0.4, -0.2) is 48.3 Å². The van der Waals surface area contributed by atoms with E-state index in [1.54, 1.807) is 24.3 Å². The molecule has 0 saturated heterocycles. The van der Waals surface area contributed by atoms with E-state index in [9.17, 15) is 9.59 Å². The Labute approximate surface area is 148 Å². The minimum Gasteiger partial charge on any atom is -0.357 e. The van der Waals surface area contributed by atoms with E-state index < -0.39 is 0 Å². The number of unbranched alkanes of at least 4 members (excludes halogenated alkanes) is 1. The first-order valence-electron chi connectivity index (χ1n) is 9.12. The molecular weight excluding hydrogens is 316 g/mol. The number of rotatable bonds is 7. The molecule has 1 aromatic rings. The fourth-order valence-corrected chi connectivity index (χ4v) is 3.03. The molecule has 0 bridgehead atoms. The average Bonchev–Trinajstić information content (AvgIpc) is 3.25. The summed E-state index contributed by atoms with van der Waals surface area (Å²) < 4.78 is 0. The summed E-state index contributed by atoms with van der Waals surface area (Å²) in [5, 5.41) is 6.67. The predicted molar refractivity (Wildman–Crippen MR) is 97.7 cm³/mol. The second-order valence-electron chi connectivity index (χ2n) is 6.74. The van der Waals surface area contributed by atoms with E-state index in [2.05, 4.69) is 29.5 Å². The zero-order valence-electron chi connectivity index (χ0n) is 14.9. The maximum Gasteiger partial charge on any atom is 0.261 e.